The fraction of sp³-hybridized carbons (Fsp3) is 0.625. The molecule has 70 valence electrons. The van der Waals surface area contributed by atoms with Gasteiger partial charge in [-0.25, -0.2) is 4.79 Å². The fourth-order valence-electron chi connectivity index (χ4n) is 1.07. The summed E-state index contributed by atoms with van der Waals surface area (Å²) in [6.45, 7) is 1.48. The van der Waals surface area contributed by atoms with E-state index in [1.165, 1.54) is 6.92 Å². The van der Waals surface area contributed by atoms with Crippen molar-refractivity contribution >= 4 is 11.9 Å². The molecule has 5 heteroatoms. The third kappa shape index (κ3) is 2.44. The highest BCUT2D eigenvalue weighted by Crippen LogP contribution is 2.08. The summed E-state index contributed by atoms with van der Waals surface area (Å²) in [4.78, 5) is 21.9. The third-order valence-corrected chi connectivity index (χ3v) is 1.75. The minimum absolute atomic E-state index is 0.147. The van der Waals surface area contributed by atoms with Crippen LogP contribution in [-0.4, -0.2) is 24.0 Å². The first-order valence-electron chi connectivity index (χ1n) is 4.03. The van der Waals surface area contributed by atoms with Crippen molar-refractivity contribution in [3.05, 3.63) is 0 Å². The van der Waals surface area contributed by atoms with Crippen molar-refractivity contribution < 1.29 is 14.3 Å². The standard InChI is InChI=1S/C8H10N2O3/c1-5(4-9)13-8(12)6-2-3-7(11)10-6/h5-6H,2-3H2,1H3,(H,10,11). The lowest BCUT2D eigenvalue weighted by molar-refractivity contribution is -0.148. The second-order valence-electron chi connectivity index (χ2n) is 2.87. The van der Waals surface area contributed by atoms with E-state index in [0.29, 0.717) is 12.8 Å². The molecule has 1 saturated heterocycles. The second-order valence-corrected chi connectivity index (χ2v) is 2.87. The molecule has 13 heavy (non-hydrogen) atoms. The zero-order valence-corrected chi connectivity index (χ0v) is 7.24. The summed E-state index contributed by atoms with van der Waals surface area (Å²) in [5.74, 6) is -0.675. The van der Waals surface area contributed by atoms with Crippen LogP contribution in [0.2, 0.25) is 0 Å². The summed E-state index contributed by atoms with van der Waals surface area (Å²) >= 11 is 0. The van der Waals surface area contributed by atoms with E-state index in [-0.39, 0.29) is 5.91 Å². The van der Waals surface area contributed by atoms with Gasteiger partial charge in [-0.15, -0.1) is 0 Å². The van der Waals surface area contributed by atoms with E-state index in [0.717, 1.165) is 0 Å². The smallest absolute Gasteiger partial charge is 0.329 e. The van der Waals surface area contributed by atoms with Crippen molar-refractivity contribution in [1.82, 2.24) is 5.32 Å². The Morgan fingerprint density at radius 3 is 3.00 bits per heavy atom. The van der Waals surface area contributed by atoms with Gasteiger partial charge in [-0.2, -0.15) is 5.26 Å². The number of nitriles is 1. The van der Waals surface area contributed by atoms with Gasteiger partial charge in [0.2, 0.25) is 5.91 Å². The minimum Gasteiger partial charge on any atom is -0.446 e. The highest BCUT2D eigenvalue weighted by Gasteiger charge is 2.29. The number of hydrogen-bond donors (Lipinski definition) is 1. The maximum atomic E-state index is 11.2. The van der Waals surface area contributed by atoms with Crippen molar-refractivity contribution in [1.29, 1.82) is 5.26 Å². The van der Waals surface area contributed by atoms with Crippen LogP contribution < -0.4 is 5.32 Å². The Bertz CT molecular complexity index is 269. The minimum atomic E-state index is -0.759. The Kier molecular flexibility index (Phi) is 2.85. The Morgan fingerprint density at radius 2 is 2.54 bits per heavy atom. The molecule has 1 fully saturated rings. The number of rotatable bonds is 2. The molecule has 0 aromatic carbocycles. The van der Waals surface area contributed by atoms with Gasteiger partial charge in [-0.3, -0.25) is 4.79 Å². The van der Waals surface area contributed by atoms with Gasteiger partial charge in [0.25, 0.3) is 0 Å². The third-order valence-electron chi connectivity index (χ3n) is 1.75. The summed E-state index contributed by atoms with van der Waals surface area (Å²) in [6.07, 6.45) is 0.0428. The SMILES string of the molecule is CC(C#N)OC(=O)C1CCC(=O)N1. The van der Waals surface area contributed by atoms with E-state index >= 15 is 0 Å². The maximum Gasteiger partial charge on any atom is 0.329 e. The molecule has 0 spiro atoms. The molecule has 2 unspecified atom stereocenters. The summed E-state index contributed by atoms with van der Waals surface area (Å²) in [7, 11) is 0. The van der Waals surface area contributed by atoms with E-state index in [4.69, 9.17) is 10.00 Å². The van der Waals surface area contributed by atoms with E-state index in [9.17, 15) is 9.59 Å². The number of esters is 1. The molecule has 0 aliphatic carbocycles. The summed E-state index contributed by atoms with van der Waals surface area (Å²) in [5, 5.41) is 10.8. The number of nitrogens with one attached hydrogen (secondary N) is 1. The van der Waals surface area contributed by atoms with Crippen molar-refractivity contribution in [3.63, 3.8) is 0 Å². The molecule has 1 N–H and O–H groups in total. The largest absolute Gasteiger partial charge is 0.446 e. The summed E-state index contributed by atoms with van der Waals surface area (Å²) in [5.41, 5.74) is 0. The zero-order chi connectivity index (χ0) is 9.84. The van der Waals surface area contributed by atoms with Gasteiger partial charge in [0.15, 0.2) is 6.10 Å². The molecule has 1 aliphatic heterocycles. The van der Waals surface area contributed by atoms with Crippen LogP contribution in [0.15, 0.2) is 0 Å². The second kappa shape index (κ2) is 3.90. The summed E-state index contributed by atoms with van der Waals surface area (Å²) < 4.78 is 4.72. The molecular formula is C8H10N2O3. The monoisotopic (exact) mass is 182 g/mol. The van der Waals surface area contributed by atoms with Crippen LogP contribution in [-0.2, 0) is 14.3 Å². The van der Waals surface area contributed by atoms with E-state index in [1.807, 2.05) is 0 Å². The average Bonchev–Trinajstić information content (AvgIpc) is 2.51. The van der Waals surface area contributed by atoms with Gasteiger partial charge in [-0.1, -0.05) is 0 Å². The lowest BCUT2D eigenvalue weighted by atomic mass is 10.2. The highest BCUT2D eigenvalue weighted by molar-refractivity contribution is 5.88. The molecule has 2 atom stereocenters. The normalized spacial score (nSPS) is 23.1. The van der Waals surface area contributed by atoms with E-state index < -0.39 is 18.1 Å². The van der Waals surface area contributed by atoms with Crippen LogP contribution >= 0.6 is 0 Å². The lowest BCUT2D eigenvalue weighted by Crippen LogP contribution is -2.35. The molecule has 0 saturated carbocycles. The van der Waals surface area contributed by atoms with Crippen LogP contribution in [0.5, 0.6) is 0 Å². The zero-order valence-electron chi connectivity index (χ0n) is 7.24. The van der Waals surface area contributed by atoms with Crippen molar-refractivity contribution in [2.75, 3.05) is 0 Å². The molecule has 1 heterocycles. The van der Waals surface area contributed by atoms with Crippen LogP contribution in [0, 0.1) is 11.3 Å². The van der Waals surface area contributed by atoms with Gasteiger partial charge < -0.3 is 10.1 Å². The fourth-order valence-corrected chi connectivity index (χ4v) is 1.07. The van der Waals surface area contributed by atoms with Crippen molar-refractivity contribution in [3.8, 4) is 6.07 Å². The van der Waals surface area contributed by atoms with Crippen LogP contribution in [0.3, 0.4) is 0 Å². The summed E-state index contributed by atoms with van der Waals surface area (Å²) in [6, 6.07) is 1.21. The topological polar surface area (TPSA) is 79.2 Å². The Balaban J connectivity index is 2.41. The Hall–Kier alpha value is -1.57. The number of nitrogens with zero attached hydrogens (tertiary/aromatic N) is 1. The van der Waals surface area contributed by atoms with E-state index in [1.54, 1.807) is 6.07 Å². The highest BCUT2D eigenvalue weighted by atomic mass is 16.5. The van der Waals surface area contributed by atoms with Crippen LogP contribution in [0.25, 0.3) is 0 Å². The first kappa shape index (κ1) is 9.52. The number of hydrogen-bond acceptors (Lipinski definition) is 4. The molecule has 1 aliphatic rings. The van der Waals surface area contributed by atoms with Gasteiger partial charge in [-0.05, 0) is 13.3 Å². The van der Waals surface area contributed by atoms with Gasteiger partial charge in [0.05, 0.1) is 0 Å². The van der Waals surface area contributed by atoms with Crippen molar-refractivity contribution in [2.24, 2.45) is 0 Å². The molecule has 5 nitrogen and oxygen atoms in total. The molecule has 1 amide bonds. The Morgan fingerprint density at radius 1 is 1.85 bits per heavy atom. The predicted octanol–water partition coefficient (Wildman–Crippen LogP) is -0.280. The molecule has 0 aromatic heterocycles. The molecule has 0 radical (unpaired) electrons. The molecule has 0 bridgehead atoms. The van der Waals surface area contributed by atoms with Gasteiger partial charge in [0, 0.05) is 6.42 Å². The lowest BCUT2D eigenvalue weighted by Gasteiger charge is -2.10. The molecule has 1 rings (SSSR count). The molecular weight excluding hydrogens is 172 g/mol. The van der Waals surface area contributed by atoms with Gasteiger partial charge >= 0.3 is 5.97 Å². The van der Waals surface area contributed by atoms with E-state index in [2.05, 4.69) is 5.32 Å². The average molecular weight is 182 g/mol. The maximum absolute atomic E-state index is 11.2. The van der Waals surface area contributed by atoms with Gasteiger partial charge in [0.1, 0.15) is 12.1 Å². The first-order valence-corrected chi connectivity index (χ1v) is 4.03. The van der Waals surface area contributed by atoms with Crippen molar-refractivity contribution in [2.45, 2.75) is 31.9 Å². The first-order chi connectivity index (χ1) is 6.13. The number of ether oxygens (including phenoxy) is 1. The number of amides is 1. The van der Waals surface area contributed by atoms with Crippen LogP contribution in [0.4, 0.5) is 0 Å². The molecule has 0 aromatic rings. The van der Waals surface area contributed by atoms with Crippen LogP contribution in [0.1, 0.15) is 19.8 Å². The number of carbonyl (C=O) groups is 2. The number of carbonyl (C=O) groups excluding carboxylic acids is 2. The predicted molar refractivity (Wildman–Crippen MR) is 42.3 cm³/mol. The Labute approximate surface area is 75.7 Å². The quantitative estimate of drug-likeness (QED) is 0.595.